The first-order valence-corrected chi connectivity index (χ1v) is 5.89. The van der Waals surface area contributed by atoms with Crippen molar-refractivity contribution in [2.24, 2.45) is 7.05 Å². The maximum Gasteiger partial charge on any atom is 0.330 e. The predicted octanol–water partition coefficient (Wildman–Crippen LogP) is -1.46. The molecular weight excluding hydrogens is 308 g/mol. The van der Waals surface area contributed by atoms with Gasteiger partial charge in [-0.2, -0.15) is 0 Å². The van der Waals surface area contributed by atoms with E-state index < -0.39 is 24.0 Å². The second-order valence-electron chi connectivity index (χ2n) is 3.82. The number of imidazole rings is 1. The quantitative estimate of drug-likeness (QED) is 0.599. The normalized spacial score (nSPS) is 13.1. The second-order valence-corrected chi connectivity index (χ2v) is 4.53. The highest BCUT2D eigenvalue weighted by atomic mass is 79.9. The standard InChI is InChI=1S/C9H11BrN4O4/c1-13-5-6(11-8(13)10)14(2-4(16)3-15)9(18)12-7(5)17/h4,15-16H,2-3H2,1H3,(H,12,17,18). The van der Waals surface area contributed by atoms with Crippen LogP contribution in [-0.2, 0) is 13.6 Å². The third-order valence-electron chi connectivity index (χ3n) is 2.56. The Hall–Kier alpha value is -1.45. The monoisotopic (exact) mass is 318 g/mol. The molecule has 9 heteroatoms. The fourth-order valence-electron chi connectivity index (χ4n) is 1.66. The molecule has 0 aliphatic carbocycles. The number of aryl methyl sites for hydroxylation is 1. The van der Waals surface area contributed by atoms with Crippen LogP contribution in [0.1, 0.15) is 0 Å². The van der Waals surface area contributed by atoms with Gasteiger partial charge in [0.05, 0.1) is 19.3 Å². The third-order valence-corrected chi connectivity index (χ3v) is 3.27. The molecule has 18 heavy (non-hydrogen) atoms. The molecule has 3 N–H and O–H groups in total. The molecule has 2 rings (SSSR count). The van der Waals surface area contributed by atoms with Gasteiger partial charge in [0.2, 0.25) is 0 Å². The summed E-state index contributed by atoms with van der Waals surface area (Å²) in [6.45, 7) is -0.632. The van der Waals surface area contributed by atoms with Crippen LogP contribution in [0.25, 0.3) is 11.2 Å². The van der Waals surface area contributed by atoms with Gasteiger partial charge in [-0.1, -0.05) is 0 Å². The molecule has 0 aliphatic heterocycles. The minimum absolute atomic E-state index is 0.147. The molecule has 0 saturated heterocycles. The fourth-order valence-corrected chi connectivity index (χ4v) is 2.00. The van der Waals surface area contributed by atoms with Gasteiger partial charge >= 0.3 is 5.69 Å². The number of halogens is 1. The summed E-state index contributed by atoms with van der Waals surface area (Å²) >= 11 is 3.16. The first-order valence-electron chi connectivity index (χ1n) is 5.09. The van der Waals surface area contributed by atoms with Crippen molar-refractivity contribution in [3.63, 3.8) is 0 Å². The topological polar surface area (TPSA) is 113 Å². The van der Waals surface area contributed by atoms with E-state index in [1.54, 1.807) is 7.05 Å². The lowest BCUT2D eigenvalue weighted by Gasteiger charge is -2.09. The minimum atomic E-state index is -1.10. The zero-order valence-corrected chi connectivity index (χ0v) is 11.0. The Morgan fingerprint density at radius 2 is 2.17 bits per heavy atom. The van der Waals surface area contributed by atoms with Crippen LogP contribution in [0.15, 0.2) is 14.3 Å². The van der Waals surface area contributed by atoms with Gasteiger partial charge in [0.15, 0.2) is 15.9 Å². The lowest BCUT2D eigenvalue weighted by molar-refractivity contribution is 0.0810. The Kier molecular flexibility index (Phi) is 3.37. The molecular formula is C9H11BrN4O4. The SMILES string of the molecule is Cn1c(Br)nc2c1c(=O)[nH]c(=O)n2CC(O)CO. The van der Waals surface area contributed by atoms with Gasteiger partial charge in [-0.25, -0.2) is 9.78 Å². The lowest BCUT2D eigenvalue weighted by Crippen LogP contribution is -2.35. The number of nitrogens with zero attached hydrogens (tertiary/aromatic N) is 3. The number of fused-ring (bicyclic) bond motifs is 1. The summed E-state index contributed by atoms with van der Waals surface area (Å²) in [5, 5.41) is 18.2. The minimum Gasteiger partial charge on any atom is -0.394 e. The summed E-state index contributed by atoms with van der Waals surface area (Å²) in [5.74, 6) is 0. The first-order chi connectivity index (χ1) is 8.45. The highest BCUT2D eigenvalue weighted by Crippen LogP contribution is 2.14. The number of aliphatic hydroxyl groups is 2. The van der Waals surface area contributed by atoms with Crippen molar-refractivity contribution >= 4 is 27.1 Å². The Labute approximate surface area is 109 Å². The van der Waals surface area contributed by atoms with E-state index in [1.165, 1.54) is 4.57 Å². The van der Waals surface area contributed by atoms with Crippen molar-refractivity contribution in [3.8, 4) is 0 Å². The molecule has 0 aliphatic rings. The molecule has 0 saturated carbocycles. The molecule has 1 atom stereocenters. The molecule has 2 heterocycles. The van der Waals surface area contributed by atoms with Crippen molar-refractivity contribution in [2.45, 2.75) is 12.6 Å². The molecule has 0 fully saturated rings. The molecule has 0 spiro atoms. The number of hydrogen-bond donors (Lipinski definition) is 3. The molecule has 98 valence electrons. The van der Waals surface area contributed by atoms with Gasteiger partial charge in [0.1, 0.15) is 0 Å². The summed E-state index contributed by atoms with van der Waals surface area (Å²) in [6, 6.07) is 0. The van der Waals surface area contributed by atoms with Crippen LogP contribution in [0.4, 0.5) is 0 Å². The number of hydrogen-bond acceptors (Lipinski definition) is 5. The molecule has 8 nitrogen and oxygen atoms in total. The predicted molar refractivity (Wildman–Crippen MR) is 66.4 cm³/mol. The van der Waals surface area contributed by atoms with Crippen LogP contribution in [-0.4, -0.2) is 42.0 Å². The van der Waals surface area contributed by atoms with Crippen LogP contribution in [0.5, 0.6) is 0 Å². The smallest absolute Gasteiger partial charge is 0.330 e. The zero-order valence-electron chi connectivity index (χ0n) is 9.42. The Morgan fingerprint density at radius 1 is 1.50 bits per heavy atom. The van der Waals surface area contributed by atoms with Gasteiger partial charge in [0, 0.05) is 7.05 Å². The highest BCUT2D eigenvalue weighted by molar-refractivity contribution is 9.10. The lowest BCUT2D eigenvalue weighted by atomic mass is 10.3. The summed E-state index contributed by atoms with van der Waals surface area (Å²) in [4.78, 5) is 29.5. The van der Waals surface area contributed by atoms with Crippen LogP contribution < -0.4 is 11.2 Å². The van der Waals surface area contributed by atoms with E-state index in [1.807, 2.05) is 0 Å². The fraction of sp³-hybridized carbons (Fsp3) is 0.444. The summed E-state index contributed by atoms with van der Waals surface area (Å²) in [5.41, 5.74) is -0.853. The van der Waals surface area contributed by atoms with Crippen LogP contribution in [0, 0.1) is 0 Å². The maximum atomic E-state index is 11.7. The van der Waals surface area contributed by atoms with Crippen molar-refractivity contribution in [2.75, 3.05) is 6.61 Å². The Morgan fingerprint density at radius 3 is 2.78 bits per heavy atom. The van der Waals surface area contributed by atoms with Crippen LogP contribution in [0.3, 0.4) is 0 Å². The number of aromatic amines is 1. The zero-order chi connectivity index (χ0) is 13.4. The highest BCUT2D eigenvalue weighted by Gasteiger charge is 2.16. The van der Waals surface area contributed by atoms with E-state index in [2.05, 4.69) is 25.9 Å². The van der Waals surface area contributed by atoms with E-state index in [0.717, 1.165) is 4.57 Å². The van der Waals surface area contributed by atoms with Gasteiger partial charge in [0.25, 0.3) is 5.56 Å². The summed E-state index contributed by atoms with van der Waals surface area (Å²) < 4.78 is 2.98. The number of rotatable bonds is 3. The second kappa shape index (κ2) is 4.67. The van der Waals surface area contributed by atoms with Gasteiger partial charge in [-0.15, -0.1) is 0 Å². The van der Waals surface area contributed by atoms with E-state index in [4.69, 9.17) is 5.11 Å². The molecule has 1 unspecified atom stereocenters. The Bertz CT molecular complexity index is 701. The van der Waals surface area contributed by atoms with Gasteiger partial charge in [-0.05, 0) is 15.9 Å². The van der Waals surface area contributed by atoms with Gasteiger partial charge < -0.3 is 14.8 Å². The van der Waals surface area contributed by atoms with E-state index in [-0.39, 0.29) is 17.7 Å². The summed E-state index contributed by atoms with van der Waals surface area (Å²) in [6.07, 6.45) is -1.10. The molecule has 0 amide bonds. The Balaban J connectivity index is 2.77. The molecule has 0 radical (unpaired) electrons. The number of aromatic nitrogens is 4. The third kappa shape index (κ3) is 2.00. The number of H-pyrrole nitrogens is 1. The van der Waals surface area contributed by atoms with Crippen LogP contribution >= 0.6 is 15.9 Å². The molecule has 2 aromatic rings. The number of aliphatic hydroxyl groups excluding tert-OH is 2. The first kappa shape index (κ1) is 13.0. The van der Waals surface area contributed by atoms with Gasteiger partial charge in [-0.3, -0.25) is 14.3 Å². The average molecular weight is 319 g/mol. The van der Waals surface area contributed by atoms with Crippen LogP contribution in [0.2, 0.25) is 0 Å². The van der Waals surface area contributed by atoms with E-state index >= 15 is 0 Å². The number of nitrogens with one attached hydrogen (secondary N) is 1. The largest absolute Gasteiger partial charge is 0.394 e. The van der Waals surface area contributed by atoms with E-state index in [9.17, 15) is 14.7 Å². The van der Waals surface area contributed by atoms with Crippen molar-refractivity contribution in [1.82, 2.24) is 19.1 Å². The van der Waals surface area contributed by atoms with E-state index in [0.29, 0.717) is 4.73 Å². The molecule has 2 aromatic heterocycles. The van der Waals surface area contributed by atoms with Crippen molar-refractivity contribution in [1.29, 1.82) is 0 Å². The summed E-state index contributed by atoms with van der Waals surface area (Å²) in [7, 11) is 1.62. The van der Waals surface area contributed by atoms with Crippen molar-refractivity contribution < 1.29 is 10.2 Å². The average Bonchev–Trinajstić information content (AvgIpc) is 2.61. The molecule has 0 aromatic carbocycles. The maximum absolute atomic E-state index is 11.7. The molecule has 0 bridgehead atoms. The van der Waals surface area contributed by atoms with Crippen molar-refractivity contribution in [3.05, 3.63) is 25.6 Å².